The molecule has 0 bridgehead atoms. The first kappa shape index (κ1) is 8.88. The molecule has 0 amide bonds. The first-order valence-electron chi connectivity index (χ1n) is 3.07. The van der Waals surface area contributed by atoms with Gasteiger partial charge in [0.25, 0.3) is 0 Å². The third-order valence-corrected chi connectivity index (χ3v) is 2.09. The van der Waals surface area contributed by atoms with Crippen molar-refractivity contribution in [3.8, 4) is 6.07 Å². The minimum absolute atomic E-state index is 0.160. The second-order valence-electron chi connectivity index (χ2n) is 2.29. The van der Waals surface area contributed by atoms with Gasteiger partial charge in [0.05, 0.1) is 11.7 Å². The molecule has 0 saturated carbocycles. The maximum Gasteiger partial charge on any atom is 0.0738 e. The average Bonchev–Trinajstić information content (AvgIpc) is 1.83. The summed E-state index contributed by atoms with van der Waals surface area (Å²) in [4.78, 5) is 0. The molecule has 0 heterocycles. The molecule has 0 spiro atoms. The highest BCUT2D eigenvalue weighted by atomic mass is 31.1. The molecule has 2 nitrogen and oxygen atoms in total. The lowest BCUT2D eigenvalue weighted by atomic mass is 10.4. The van der Waals surface area contributed by atoms with Crippen LogP contribution in [0.3, 0.4) is 0 Å². The van der Waals surface area contributed by atoms with E-state index in [1.54, 1.807) is 0 Å². The average molecular weight is 144 g/mol. The second kappa shape index (κ2) is 4.73. The number of nitrogens with zero attached hydrogens (tertiary/aromatic N) is 1. The Morgan fingerprint density at radius 2 is 2.00 bits per heavy atom. The van der Waals surface area contributed by atoms with Gasteiger partial charge in [-0.05, 0) is 29.5 Å². The van der Waals surface area contributed by atoms with E-state index >= 15 is 0 Å². The van der Waals surface area contributed by atoms with Crippen molar-refractivity contribution in [2.24, 2.45) is 0 Å². The van der Waals surface area contributed by atoms with Gasteiger partial charge in [-0.3, -0.25) is 5.09 Å². The van der Waals surface area contributed by atoms with Crippen LogP contribution in [0, 0.1) is 11.3 Å². The summed E-state index contributed by atoms with van der Waals surface area (Å²) in [5.74, 6) is 0. The highest BCUT2D eigenvalue weighted by Crippen LogP contribution is 2.12. The Morgan fingerprint density at radius 1 is 1.44 bits per heavy atom. The zero-order valence-corrected chi connectivity index (χ0v) is 7.10. The van der Waals surface area contributed by atoms with Crippen molar-refractivity contribution in [2.45, 2.75) is 32.5 Å². The molecule has 1 N–H and O–H groups in total. The molecular weight excluding hydrogens is 131 g/mol. The molecule has 2 unspecified atom stereocenters. The second-order valence-corrected chi connectivity index (χ2v) is 3.74. The van der Waals surface area contributed by atoms with E-state index in [-0.39, 0.29) is 5.66 Å². The maximum atomic E-state index is 8.36. The number of rotatable bonds is 3. The molecule has 0 radical (unpaired) electrons. The highest BCUT2D eigenvalue weighted by Gasteiger charge is 1.98. The van der Waals surface area contributed by atoms with Gasteiger partial charge in [-0.25, -0.2) is 0 Å². The summed E-state index contributed by atoms with van der Waals surface area (Å²) in [6, 6.07) is 2.67. The van der Waals surface area contributed by atoms with Crippen LogP contribution >= 0.6 is 8.73 Å². The van der Waals surface area contributed by atoms with Gasteiger partial charge < -0.3 is 0 Å². The molecule has 52 valence electrons. The zero-order valence-electron chi connectivity index (χ0n) is 6.10. The van der Waals surface area contributed by atoms with E-state index in [1.165, 1.54) is 0 Å². The molecule has 0 aliphatic carbocycles. The Hall–Kier alpha value is -0.120. The molecule has 9 heavy (non-hydrogen) atoms. The Bertz CT molecular complexity index is 106. The summed E-state index contributed by atoms with van der Waals surface area (Å²) in [6.45, 7) is 6.09. The minimum Gasteiger partial charge on any atom is -0.295 e. The van der Waals surface area contributed by atoms with Gasteiger partial charge in [0.2, 0.25) is 0 Å². The normalized spacial score (nSPS) is 14.6. The molecular formula is C6H13N2P. The largest absolute Gasteiger partial charge is 0.295 e. The van der Waals surface area contributed by atoms with Gasteiger partial charge in [0.1, 0.15) is 0 Å². The van der Waals surface area contributed by atoms with Crippen molar-refractivity contribution in [3.05, 3.63) is 0 Å². The standard InChI is InChI=1S/C6H13N2P/c1-5(2)8-9-6(3)4-7/h5-6,8-9H,1-3H3. The number of nitriles is 1. The number of hydrogen-bond donors (Lipinski definition) is 1. The summed E-state index contributed by atoms with van der Waals surface area (Å²) < 4.78 is 0. The number of hydrogen-bond acceptors (Lipinski definition) is 2. The third-order valence-electron chi connectivity index (χ3n) is 0.782. The van der Waals surface area contributed by atoms with Gasteiger partial charge in [0, 0.05) is 6.04 Å². The van der Waals surface area contributed by atoms with E-state index in [0.717, 1.165) is 0 Å². The summed E-state index contributed by atoms with van der Waals surface area (Å²) in [5.41, 5.74) is 0.160. The quantitative estimate of drug-likeness (QED) is 0.609. The first-order chi connectivity index (χ1) is 4.16. The fraction of sp³-hybridized carbons (Fsp3) is 0.833. The molecule has 3 heteroatoms. The van der Waals surface area contributed by atoms with Crippen molar-refractivity contribution < 1.29 is 0 Å². The van der Waals surface area contributed by atoms with E-state index in [0.29, 0.717) is 14.8 Å². The molecule has 2 atom stereocenters. The lowest BCUT2D eigenvalue weighted by molar-refractivity contribution is 0.763. The van der Waals surface area contributed by atoms with Crippen LogP contribution < -0.4 is 5.09 Å². The topological polar surface area (TPSA) is 35.8 Å². The lowest BCUT2D eigenvalue weighted by Crippen LogP contribution is -2.14. The van der Waals surface area contributed by atoms with E-state index in [1.807, 2.05) is 6.92 Å². The Morgan fingerprint density at radius 3 is 2.33 bits per heavy atom. The van der Waals surface area contributed by atoms with Crippen LogP contribution in [0.5, 0.6) is 0 Å². The van der Waals surface area contributed by atoms with Gasteiger partial charge in [-0.1, -0.05) is 0 Å². The van der Waals surface area contributed by atoms with Crippen molar-refractivity contribution >= 4 is 8.73 Å². The summed E-state index contributed by atoms with van der Waals surface area (Å²) in [7, 11) is 0.575. The molecule has 0 fully saturated rings. The van der Waals surface area contributed by atoms with Gasteiger partial charge in [0.15, 0.2) is 0 Å². The fourth-order valence-corrected chi connectivity index (χ4v) is 0.972. The predicted octanol–water partition coefficient (Wildman–Crippen LogP) is 1.49. The van der Waals surface area contributed by atoms with Gasteiger partial charge >= 0.3 is 0 Å². The Kier molecular flexibility index (Phi) is 4.67. The summed E-state index contributed by atoms with van der Waals surface area (Å²) >= 11 is 0. The molecule has 0 aromatic rings. The molecule has 0 aromatic carbocycles. The monoisotopic (exact) mass is 144 g/mol. The van der Waals surface area contributed by atoms with Crippen LogP contribution in [0.4, 0.5) is 0 Å². The SMILES string of the molecule is CC(C)NPC(C)C#N. The fourth-order valence-electron chi connectivity index (χ4n) is 0.324. The Labute approximate surface area is 58.5 Å². The molecule has 0 saturated heterocycles. The third kappa shape index (κ3) is 5.76. The minimum atomic E-state index is 0.160. The van der Waals surface area contributed by atoms with E-state index in [4.69, 9.17) is 5.26 Å². The van der Waals surface area contributed by atoms with E-state index < -0.39 is 0 Å². The van der Waals surface area contributed by atoms with Crippen LogP contribution in [0.1, 0.15) is 20.8 Å². The molecule has 0 aromatic heterocycles. The smallest absolute Gasteiger partial charge is 0.0738 e. The lowest BCUT2D eigenvalue weighted by Gasteiger charge is -2.07. The van der Waals surface area contributed by atoms with Crippen LogP contribution in [-0.2, 0) is 0 Å². The van der Waals surface area contributed by atoms with Crippen LogP contribution in [0.25, 0.3) is 0 Å². The van der Waals surface area contributed by atoms with Crippen LogP contribution in [0.2, 0.25) is 0 Å². The van der Waals surface area contributed by atoms with Crippen LogP contribution in [-0.4, -0.2) is 11.7 Å². The predicted molar refractivity (Wildman–Crippen MR) is 41.7 cm³/mol. The molecule has 0 rings (SSSR count). The molecule has 0 aliphatic rings. The zero-order chi connectivity index (χ0) is 7.28. The van der Waals surface area contributed by atoms with Gasteiger partial charge in [-0.15, -0.1) is 0 Å². The van der Waals surface area contributed by atoms with Crippen molar-refractivity contribution in [2.75, 3.05) is 0 Å². The first-order valence-corrected chi connectivity index (χ1v) is 4.15. The van der Waals surface area contributed by atoms with Crippen molar-refractivity contribution in [3.63, 3.8) is 0 Å². The van der Waals surface area contributed by atoms with Crippen molar-refractivity contribution in [1.29, 1.82) is 5.26 Å². The molecule has 0 aliphatic heterocycles. The van der Waals surface area contributed by atoms with Crippen LogP contribution in [0.15, 0.2) is 0 Å². The van der Waals surface area contributed by atoms with E-state index in [2.05, 4.69) is 25.0 Å². The maximum absolute atomic E-state index is 8.36. The highest BCUT2D eigenvalue weighted by molar-refractivity contribution is 7.36. The number of nitrogens with one attached hydrogen (secondary N) is 1. The van der Waals surface area contributed by atoms with Crippen molar-refractivity contribution in [1.82, 2.24) is 5.09 Å². The van der Waals surface area contributed by atoms with Gasteiger partial charge in [-0.2, -0.15) is 5.26 Å². The summed E-state index contributed by atoms with van der Waals surface area (Å²) in [5, 5.41) is 11.6. The van der Waals surface area contributed by atoms with E-state index in [9.17, 15) is 0 Å². The summed E-state index contributed by atoms with van der Waals surface area (Å²) in [6.07, 6.45) is 0. The Balaban J connectivity index is 3.19.